The largest absolute Gasteiger partial charge is 0.465 e. The minimum Gasteiger partial charge on any atom is -0.465 e. The second-order valence-corrected chi connectivity index (χ2v) is 15.7. The van der Waals surface area contributed by atoms with Crippen LogP contribution in [0.1, 0.15) is 12.8 Å². The molecule has 2 saturated heterocycles. The van der Waals surface area contributed by atoms with E-state index < -0.39 is 14.2 Å². The Balaban J connectivity index is 1.60. The third-order valence-corrected chi connectivity index (χ3v) is 8.29. The van der Waals surface area contributed by atoms with Gasteiger partial charge >= 0.3 is 6.09 Å². The zero-order valence-corrected chi connectivity index (χ0v) is 19.9. The second kappa shape index (κ2) is 8.92. The van der Waals surface area contributed by atoms with Crippen LogP contribution in [-0.2, 0) is 4.74 Å². The van der Waals surface area contributed by atoms with Crippen molar-refractivity contribution in [2.75, 3.05) is 44.5 Å². The molecule has 0 aromatic heterocycles. The number of hydrogen-bond acceptors (Lipinski definition) is 4. The van der Waals surface area contributed by atoms with Gasteiger partial charge in [0.1, 0.15) is 5.75 Å². The molecule has 3 rings (SSSR count). The highest BCUT2D eigenvalue weighted by molar-refractivity contribution is 6.76. The molecule has 6 nitrogen and oxygen atoms in total. The fraction of sp³-hybridized carbons (Fsp3) is 0.650. The van der Waals surface area contributed by atoms with E-state index in [0.29, 0.717) is 35.5 Å². The lowest BCUT2D eigenvalue weighted by Gasteiger charge is -2.53. The number of rotatable bonds is 7. The van der Waals surface area contributed by atoms with E-state index in [9.17, 15) is 4.79 Å². The maximum atomic E-state index is 11.1. The van der Waals surface area contributed by atoms with Crippen molar-refractivity contribution in [2.24, 2.45) is 5.41 Å². The molecule has 0 atom stereocenters. The lowest BCUT2D eigenvalue weighted by atomic mass is 9.72. The molecule has 0 radical (unpaired) electrons. The molecule has 1 aromatic carbocycles. The Hall–Kier alpha value is -1.15. The molecule has 29 heavy (non-hydrogen) atoms. The molecule has 2 aliphatic rings. The van der Waals surface area contributed by atoms with Crippen LogP contribution < -0.4 is 9.64 Å². The normalized spacial score (nSPS) is 18.7. The van der Waals surface area contributed by atoms with Crippen molar-refractivity contribution in [1.29, 1.82) is 0 Å². The first-order chi connectivity index (χ1) is 13.6. The van der Waals surface area contributed by atoms with Crippen LogP contribution in [0, 0.1) is 5.41 Å². The van der Waals surface area contributed by atoms with Gasteiger partial charge in [-0.3, -0.25) is 0 Å². The maximum Gasteiger partial charge on any atom is 0.407 e. The van der Waals surface area contributed by atoms with Gasteiger partial charge in [0.05, 0.1) is 15.7 Å². The van der Waals surface area contributed by atoms with Crippen molar-refractivity contribution in [3.05, 3.63) is 22.2 Å². The van der Waals surface area contributed by atoms with E-state index in [1.165, 1.54) is 4.90 Å². The second-order valence-electron chi connectivity index (χ2n) is 9.31. The average molecular weight is 461 g/mol. The first kappa shape index (κ1) is 22.5. The van der Waals surface area contributed by atoms with E-state index in [1.807, 2.05) is 6.07 Å². The number of halogens is 2. The van der Waals surface area contributed by atoms with Gasteiger partial charge in [-0.15, -0.1) is 0 Å². The summed E-state index contributed by atoms with van der Waals surface area (Å²) in [5.74, 6) is 0.670. The number of amides is 1. The van der Waals surface area contributed by atoms with Crippen molar-refractivity contribution < 1.29 is 19.4 Å². The van der Waals surface area contributed by atoms with Gasteiger partial charge in [-0.25, -0.2) is 4.79 Å². The minimum absolute atomic E-state index is 0.0981. The summed E-state index contributed by atoms with van der Waals surface area (Å²) in [7, 11) is -1.13. The number of carboxylic acid groups (broad SMARTS) is 1. The van der Waals surface area contributed by atoms with Crippen LogP contribution in [0.25, 0.3) is 0 Å². The van der Waals surface area contributed by atoms with Crippen LogP contribution in [-0.4, -0.2) is 63.8 Å². The molecule has 0 unspecified atom stereocenters. The summed E-state index contributed by atoms with van der Waals surface area (Å²) in [6.07, 6.45) is 1.01. The van der Waals surface area contributed by atoms with Gasteiger partial charge in [-0.2, -0.15) is 0 Å². The molecule has 2 fully saturated rings. The molecule has 9 heteroatoms. The number of hydrogen-bond donors (Lipinski definition) is 1. The standard InChI is InChI=1S/C20H30Cl2N2O4Si/c1-29(2,3)11-10-27-14-28-16-5-4-15(21)17(22)18(16)23-8-6-20(7-9-23)12-24(13-20)19(25)26/h4-5H,6-14H2,1-3H3,(H,25,26). The Kier molecular flexibility index (Phi) is 6.93. The van der Waals surface area contributed by atoms with Crippen LogP contribution >= 0.6 is 23.2 Å². The highest BCUT2D eigenvalue weighted by Gasteiger charge is 2.47. The van der Waals surface area contributed by atoms with Crippen molar-refractivity contribution in [3.8, 4) is 5.75 Å². The maximum absolute atomic E-state index is 11.1. The van der Waals surface area contributed by atoms with Gasteiger partial charge < -0.3 is 24.4 Å². The molecular formula is C20H30Cl2N2O4Si. The fourth-order valence-electron chi connectivity index (χ4n) is 3.90. The molecule has 0 aliphatic carbocycles. The molecule has 162 valence electrons. The smallest absolute Gasteiger partial charge is 0.407 e. The van der Waals surface area contributed by atoms with Gasteiger partial charge in [-0.1, -0.05) is 42.8 Å². The first-order valence-electron chi connectivity index (χ1n) is 10.0. The van der Waals surface area contributed by atoms with Crippen molar-refractivity contribution >= 4 is 43.1 Å². The van der Waals surface area contributed by atoms with Crippen LogP contribution in [0.4, 0.5) is 10.5 Å². The van der Waals surface area contributed by atoms with Crippen molar-refractivity contribution in [2.45, 2.75) is 38.5 Å². The predicted octanol–water partition coefficient (Wildman–Crippen LogP) is 5.26. The lowest BCUT2D eigenvalue weighted by molar-refractivity contribution is -0.00659. The number of benzene rings is 1. The van der Waals surface area contributed by atoms with Crippen LogP contribution in [0.2, 0.25) is 35.7 Å². The van der Waals surface area contributed by atoms with Gasteiger partial charge in [-0.05, 0) is 31.0 Å². The molecule has 0 saturated carbocycles. The van der Waals surface area contributed by atoms with E-state index in [-0.39, 0.29) is 12.2 Å². The van der Waals surface area contributed by atoms with Crippen molar-refractivity contribution in [1.82, 2.24) is 4.90 Å². The molecule has 2 aliphatic heterocycles. The highest BCUT2D eigenvalue weighted by atomic mass is 35.5. The molecule has 1 amide bonds. The van der Waals surface area contributed by atoms with Gasteiger partial charge in [0.2, 0.25) is 0 Å². The third kappa shape index (κ3) is 5.51. The highest BCUT2D eigenvalue weighted by Crippen LogP contribution is 2.46. The minimum atomic E-state index is -1.13. The summed E-state index contributed by atoms with van der Waals surface area (Å²) in [6, 6.07) is 4.67. The zero-order valence-electron chi connectivity index (χ0n) is 17.3. The number of ether oxygens (including phenoxy) is 2. The van der Waals surface area contributed by atoms with E-state index in [4.69, 9.17) is 37.8 Å². The molecular weight excluding hydrogens is 431 g/mol. The molecule has 1 N–H and O–H groups in total. The number of likely N-dealkylation sites (tertiary alicyclic amines) is 1. The van der Waals surface area contributed by atoms with Gasteiger partial charge in [0, 0.05) is 46.3 Å². The van der Waals surface area contributed by atoms with E-state index in [1.54, 1.807) is 6.07 Å². The SMILES string of the molecule is C[Si](C)(C)CCOCOc1ccc(Cl)c(Cl)c1N1CCC2(CC1)CN(C(=O)O)C2. The van der Waals surface area contributed by atoms with Gasteiger partial charge in [0.25, 0.3) is 0 Å². The predicted molar refractivity (Wildman–Crippen MR) is 120 cm³/mol. The molecule has 1 spiro atoms. The Morgan fingerprint density at radius 3 is 2.45 bits per heavy atom. The van der Waals surface area contributed by atoms with E-state index >= 15 is 0 Å². The summed E-state index contributed by atoms with van der Waals surface area (Å²) in [5.41, 5.74) is 0.901. The summed E-state index contributed by atoms with van der Waals surface area (Å²) < 4.78 is 11.6. The molecule has 0 bridgehead atoms. The number of anilines is 1. The third-order valence-electron chi connectivity index (χ3n) is 5.79. The van der Waals surface area contributed by atoms with E-state index in [2.05, 4.69) is 24.5 Å². The molecule has 1 aromatic rings. The summed E-state index contributed by atoms with van der Waals surface area (Å²) in [5, 5.41) is 10.1. The summed E-state index contributed by atoms with van der Waals surface area (Å²) in [4.78, 5) is 14.8. The Morgan fingerprint density at radius 1 is 1.21 bits per heavy atom. The Morgan fingerprint density at radius 2 is 1.86 bits per heavy atom. The summed E-state index contributed by atoms with van der Waals surface area (Å²) in [6.45, 7) is 10.6. The average Bonchev–Trinajstić information content (AvgIpc) is 2.61. The topological polar surface area (TPSA) is 62.2 Å². The van der Waals surface area contributed by atoms with Crippen LogP contribution in [0.5, 0.6) is 5.75 Å². The fourth-order valence-corrected chi connectivity index (χ4v) is 5.08. The van der Waals surface area contributed by atoms with E-state index in [0.717, 1.165) is 37.7 Å². The number of piperidine rings is 1. The monoisotopic (exact) mass is 460 g/mol. The zero-order chi connectivity index (χ0) is 21.2. The Labute approximate surface area is 183 Å². The first-order valence-corrected chi connectivity index (χ1v) is 14.5. The van der Waals surface area contributed by atoms with Crippen LogP contribution in [0.3, 0.4) is 0 Å². The van der Waals surface area contributed by atoms with Gasteiger partial charge in [0.15, 0.2) is 6.79 Å². The van der Waals surface area contributed by atoms with Crippen LogP contribution in [0.15, 0.2) is 12.1 Å². The number of carbonyl (C=O) groups is 1. The van der Waals surface area contributed by atoms with Crippen molar-refractivity contribution in [3.63, 3.8) is 0 Å². The number of nitrogens with zero attached hydrogens (tertiary/aromatic N) is 2. The molecule has 2 heterocycles. The lowest BCUT2D eigenvalue weighted by Crippen LogP contribution is -2.61. The summed E-state index contributed by atoms with van der Waals surface area (Å²) >= 11 is 12.8. The quantitative estimate of drug-likeness (QED) is 0.341. The Bertz CT molecular complexity index is 741.